The van der Waals surface area contributed by atoms with Crippen LogP contribution in [-0.4, -0.2) is 39.5 Å². The number of furan rings is 1. The number of thioether (sulfide) groups is 1. The van der Waals surface area contributed by atoms with Crippen LogP contribution in [0, 0.1) is 0 Å². The van der Waals surface area contributed by atoms with Crippen molar-refractivity contribution in [2.45, 2.75) is 49.5 Å². The van der Waals surface area contributed by atoms with Crippen LogP contribution < -0.4 is 10.6 Å². The lowest BCUT2D eigenvalue weighted by molar-refractivity contribution is -0.131. The Morgan fingerprint density at radius 1 is 1.24 bits per heavy atom. The largest absolute Gasteiger partial charge is 0.467 e. The van der Waals surface area contributed by atoms with E-state index >= 15 is 0 Å². The lowest BCUT2D eigenvalue weighted by atomic mass is 10.0. The molecule has 1 unspecified atom stereocenters. The minimum Gasteiger partial charge on any atom is -0.467 e. The van der Waals surface area contributed by atoms with Crippen LogP contribution in [0.1, 0.15) is 47.8 Å². The number of hydrogen-bond acceptors (Lipinski definition) is 5. The van der Waals surface area contributed by atoms with Gasteiger partial charge in [0.1, 0.15) is 23.2 Å². The summed E-state index contributed by atoms with van der Waals surface area (Å²) in [6.07, 6.45) is 1.54. The summed E-state index contributed by atoms with van der Waals surface area (Å²) in [6.45, 7) is 5.79. The van der Waals surface area contributed by atoms with Gasteiger partial charge >= 0.3 is 0 Å². The second kappa shape index (κ2) is 7.26. The molecule has 7 nitrogen and oxygen atoms in total. The fourth-order valence-electron chi connectivity index (χ4n) is 3.90. The van der Waals surface area contributed by atoms with Crippen LogP contribution in [-0.2, 0) is 16.1 Å². The molecule has 3 amide bonds. The third-order valence-corrected chi connectivity index (χ3v) is 6.85. The number of carbonyl (C=O) groups excluding carboxylic acids is 3. The van der Waals surface area contributed by atoms with E-state index < -0.39 is 16.8 Å². The molecule has 3 atom stereocenters. The molecule has 4 rings (SSSR count). The molecule has 3 heterocycles. The number of rotatable bonds is 5. The number of amides is 3. The van der Waals surface area contributed by atoms with Crippen molar-refractivity contribution in [3.05, 3.63) is 59.5 Å². The van der Waals surface area contributed by atoms with E-state index in [1.54, 1.807) is 41.8 Å². The van der Waals surface area contributed by atoms with Gasteiger partial charge in [0.25, 0.3) is 5.91 Å². The predicted molar refractivity (Wildman–Crippen MR) is 109 cm³/mol. The van der Waals surface area contributed by atoms with Gasteiger partial charge in [-0.3, -0.25) is 14.4 Å². The first-order chi connectivity index (χ1) is 13.8. The number of nitrogens with one attached hydrogen (secondary N) is 2. The lowest BCUT2D eigenvalue weighted by Gasteiger charge is -2.30. The molecule has 152 valence electrons. The fraction of sp³-hybridized carbons (Fsp3) is 0.381. The van der Waals surface area contributed by atoms with Gasteiger partial charge in [-0.05, 0) is 44.5 Å². The van der Waals surface area contributed by atoms with Crippen molar-refractivity contribution in [2.75, 3.05) is 0 Å². The number of carbonyl (C=O) groups is 3. The summed E-state index contributed by atoms with van der Waals surface area (Å²) < 4.78 is 4.71. The maximum Gasteiger partial charge on any atom is 0.256 e. The third-order valence-electron chi connectivity index (χ3n) is 5.31. The van der Waals surface area contributed by atoms with Crippen molar-refractivity contribution in [3.8, 4) is 0 Å². The lowest BCUT2D eigenvalue weighted by Crippen LogP contribution is -2.56. The van der Waals surface area contributed by atoms with E-state index in [1.165, 1.54) is 6.26 Å². The minimum absolute atomic E-state index is 0.140. The monoisotopic (exact) mass is 413 g/mol. The average molecular weight is 413 g/mol. The Bertz CT molecular complexity index is 957. The second-order valence-electron chi connectivity index (χ2n) is 7.80. The first kappa shape index (κ1) is 19.6. The number of nitrogens with zero attached hydrogens (tertiary/aromatic N) is 1. The minimum atomic E-state index is -0.739. The van der Waals surface area contributed by atoms with Crippen LogP contribution in [0.4, 0.5) is 0 Å². The molecule has 0 bridgehead atoms. The summed E-state index contributed by atoms with van der Waals surface area (Å²) in [6, 6.07) is 9.56. The molecule has 2 aromatic rings. The molecule has 0 spiro atoms. The van der Waals surface area contributed by atoms with Crippen molar-refractivity contribution in [1.29, 1.82) is 0 Å². The van der Waals surface area contributed by atoms with E-state index in [9.17, 15) is 14.4 Å². The smallest absolute Gasteiger partial charge is 0.256 e. The topological polar surface area (TPSA) is 91.7 Å². The Morgan fingerprint density at radius 2 is 2.00 bits per heavy atom. The summed E-state index contributed by atoms with van der Waals surface area (Å²) in [5.41, 5.74) is 1.58. The quantitative estimate of drug-likeness (QED) is 0.786. The zero-order valence-corrected chi connectivity index (χ0v) is 17.3. The molecule has 1 aromatic carbocycles. The van der Waals surface area contributed by atoms with Crippen molar-refractivity contribution >= 4 is 29.5 Å². The Morgan fingerprint density at radius 3 is 2.72 bits per heavy atom. The third kappa shape index (κ3) is 3.42. The molecule has 0 aliphatic carbocycles. The van der Waals surface area contributed by atoms with Gasteiger partial charge in [0.15, 0.2) is 0 Å². The second-order valence-corrected chi connectivity index (χ2v) is 9.54. The van der Waals surface area contributed by atoms with Gasteiger partial charge in [-0.2, -0.15) is 0 Å². The molecule has 0 saturated carbocycles. The highest BCUT2D eigenvalue weighted by atomic mass is 32.2. The summed E-state index contributed by atoms with van der Waals surface area (Å²) in [7, 11) is 0. The first-order valence-electron chi connectivity index (χ1n) is 9.49. The standard InChI is InChI=1S/C21H23N3O4S/c1-12(17(25)22-11-13-7-6-10-28-13)23-18(26)16-21(2,3)29-20-15-9-5-4-8-14(15)19(27)24(16)20/h4-10,12,16,20H,11H2,1-3H3,(H,22,25)(H,23,26)/t12-,16+,20?/m0/s1. The Balaban J connectivity index is 1.46. The van der Waals surface area contributed by atoms with Crippen LogP contribution in [0.15, 0.2) is 47.1 Å². The zero-order chi connectivity index (χ0) is 20.8. The van der Waals surface area contributed by atoms with Crippen molar-refractivity contribution in [2.24, 2.45) is 0 Å². The molecule has 8 heteroatoms. The molecule has 1 aromatic heterocycles. The molecule has 29 heavy (non-hydrogen) atoms. The van der Waals surface area contributed by atoms with Crippen molar-refractivity contribution in [1.82, 2.24) is 15.5 Å². The SMILES string of the molecule is C[C@H](NC(=O)[C@H]1N2C(=O)c3ccccc3C2SC1(C)C)C(=O)NCc1ccco1. The van der Waals surface area contributed by atoms with Crippen molar-refractivity contribution in [3.63, 3.8) is 0 Å². The van der Waals surface area contributed by atoms with E-state index in [1.807, 2.05) is 32.0 Å². The summed E-state index contributed by atoms with van der Waals surface area (Å²) >= 11 is 1.60. The van der Waals surface area contributed by atoms with Gasteiger partial charge in [-0.15, -0.1) is 11.8 Å². The van der Waals surface area contributed by atoms with Gasteiger partial charge in [0.2, 0.25) is 11.8 Å². The van der Waals surface area contributed by atoms with E-state index in [4.69, 9.17) is 4.42 Å². The highest BCUT2D eigenvalue weighted by Crippen LogP contribution is 2.56. The molecule has 1 saturated heterocycles. The van der Waals surface area contributed by atoms with Crippen LogP contribution in [0.5, 0.6) is 0 Å². The number of fused-ring (bicyclic) bond motifs is 3. The van der Waals surface area contributed by atoms with E-state index in [2.05, 4.69) is 10.6 Å². The molecule has 2 aliphatic heterocycles. The van der Waals surface area contributed by atoms with Gasteiger partial charge in [-0.1, -0.05) is 18.2 Å². The molecular weight excluding hydrogens is 390 g/mol. The summed E-state index contributed by atoms with van der Waals surface area (Å²) in [5.74, 6) is -0.148. The van der Waals surface area contributed by atoms with Crippen molar-refractivity contribution < 1.29 is 18.8 Å². The average Bonchev–Trinajstić information content (AvgIpc) is 3.36. The predicted octanol–water partition coefficient (Wildman–Crippen LogP) is 2.45. The molecule has 0 radical (unpaired) electrons. The van der Waals surface area contributed by atoms with E-state index in [-0.39, 0.29) is 29.6 Å². The highest BCUT2D eigenvalue weighted by molar-refractivity contribution is 8.01. The van der Waals surface area contributed by atoms with Crippen LogP contribution in [0.25, 0.3) is 0 Å². The Hall–Kier alpha value is -2.74. The number of benzene rings is 1. The van der Waals surface area contributed by atoms with Gasteiger partial charge in [0.05, 0.1) is 12.8 Å². The highest BCUT2D eigenvalue weighted by Gasteiger charge is 2.57. The normalized spacial score (nSPS) is 22.7. The van der Waals surface area contributed by atoms with E-state index in [0.717, 1.165) is 5.56 Å². The maximum atomic E-state index is 13.1. The molecule has 1 fully saturated rings. The van der Waals surface area contributed by atoms with Gasteiger partial charge < -0.3 is 20.0 Å². The summed E-state index contributed by atoms with van der Waals surface area (Å²) in [5, 5.41) is 5.33. The van der Waals surface area contributed by atoms with Crippen LogP contribution in [0.3, 0.4) is 0 Å². The molecule has 2 N–H and O–H groups in total. The van der Waals surface area contributed by atoms with E-state index in [0.29, 0.717) is 11.3 Å². The number of hydrogen-bond donors (Lipinski definition) is 2. The summed E-state index contributed by atoms with van der Waals surface area (Å²) in [4.78, 5) is 40.1. The van der Waals surface area contributed by atoms with Gasteiger partial charge in [-0.25, -0.2) is 0 Å². The maximum absolute atomic E-state index is 13.1. The first-order valence-corrected chi connectivity index (χ1v) is 10.4. The fourth-order valence-corrected chi connectivity index (χ4v) is 5.49. The zero-order valence-electron chi connectivity index (χ0n) is 16.5. The Kier molecular flexibility index (Phi) is 4.90. The molecular formula is C21H23N3O4S. The molecule has 2 aliphatic rings. The Labute approximate surface area is 173 Å². The van der Waals surface area contributed by atoms with Crippen LogP contribution in [0.2, 0.25) is 0 Å². The van der Waals surface area contributed by atoms with Gasteiger partial charge in [0, 0.05) is 10.3 Å². The van der Waals surface area contributed by atoms with Crippen LogP contribution >= 0.6 is 11.8 Å².